The van der Waals surface area contributed by atoms with Crippen LogP contribution in [0.2, 0.25) is 0 Å². The van der Waals surface area contributed by atoms with Gasteiger partial charge < -0.3 is 24.8 Å². The van der Waals surface area contributed by atoms with Crippen molar-refractivity contribution in [3.63, 3.8) is 0 Å². The summed E-state index contributed by atoms with van der Waals surface area (Å²) in [5.74, 6) is -3.46. The third-order valence-corrected chi connectivity index (χ3v) is 5.95. The van der Waals surface area contributed by atoms with Crippen LogP contribution in [0.15, 0.2) is 66.0 Å². The Balaban J connectivity index is 1.70. The average molecular weight is 525 g/mol. The van der Waals surface area contributed by atoms with Crippen LogP contribution in [0.5, 0.6) is 0 Å². The molecule has 2 amide bonds. The van der Waals surface area contributed by atoms with Crippen molar-refractivity contribution in [1.82, 2.24) is 5.32 Å². The summed E-state index contributed by atoms with van der Waals surface area (Å²) in [4.78, 5) is 62.4. The number of hydrogen-bond acceptors (Lipinski definition) is 9. The molecule has 2 N–H and O–H groups in total. The molecule has 0 aliphatic heterocycles. The van der Waals surface area contributed by atoms with Crippen LogP contribution in [0.3, 0.4) is 0 Å². The van der Waals surface area contributed by atoms with Gasteiger partial charge in [-0.25, -0.2) is 14.4 Å². The van der Waals surface area contributed by atoms with Crippen LogP contribution in [-0.2, 0) is 30.2 Å². The maximum atomic E-state index is 12.9. The van der Waals surface area contributed by atoms with Gasteiger partial charge in [0.1, 0.15) is 6.04 Å². The van der Waals surface area contributed by atoms with Gasteiger partial charge in [-0.15, -0.1) is 11.3 Å². The van der Waals surface area contributed by atoms with E-state index in [1.54, 1.807) is 41.8 Å². The van der Waals surface area contributed by atoms with Gasteiger partial charge in [-0.3, -0.25) is 9.59 Å². The van der Waals surface area contributed by atoms with Gasteiger partial charge in [0.25, 0.3) is 11.8 Å². The van der Waals surface area contributed by atoms with Gasteiger partial charge in [-0.1, -0.05) is 36.4 Å². The zero-order valence-corrected chi connectivity index (χ0v) is 20.8. The van der Waals surface area contributed by atoms with Crippen LogP contribution in [-0.4, -0.2) is 56.6 Å². The number of ether oxygens (including phenoxy) is 3. The van der Waals surface area contributed by atoms with Crippen molar-refractivity contribution in [2.75, 3.05) is 26.1 Å². The zero-order valence-electron chi connectivity index (χ0n) is 20.0. The molecule has 0 aliphatic carbocycles. The minimum Gasteiger partial charge on any atom is -0.465 e. The molecule has 1 aromatic heterocycles. The number of methoxy groups -OCH3 is 2. The number of nitrogens with one attached hydrogen (secondary N) is 2. The molecular weight excluding hydrogens is 500 g/mol. The highest BCUT2D eigenvalue weighted by Crippen LogP contribution is 2.20. The van der Waals surface area contributed by atoms with Gasteiger partial charge in [0.15, 0.2) is 6.61 Å². The van der Waals surface area contributed by atoms with Crippen LogP contribution in [0.4, 0.5) is 5.69 Å². The Kier molecular flexibility index (Phi) is 9.50. The average Bonchev–Trinajstić information content (AvgIpc) is 3.46. The summed E-state index contributed by atoms with van der Waals surface area (Å²) >= 11 is 1.22. The van der Waals surface area contributed by atoms with E-state index in [1.807, 2.05) is 6.07 Å². The first-order valence-corrected chi connectivity index (χ1v) is 11.9. The number of anilines is 1. The Morgan fingerprint density at radius 3 is 2.27 bits per heavy atom. The number of esters is 3. The van der Waals surface area contributed by atoms with Gasteiger partial charge in [-0.2, -0.15) is 0 Å². The fourth-order valence-electron chi connectivity index (χ4n) is 3.28. The number of hydrogen-bond donors (Lipinski definition) is 2. The Morgan fingerprint density at radius 1 is 0.892 bits per heavy atom. The number of carbonyl (C=O) groups excluding carboxylic acids is 5. The lowest BCUT2D eigenvalue weighted by atomic mass is 10.1. The standard InChI is InChI=1S/C26H24N2O8S/c1-34-24(31)17-10-11-18(25(32)35-2)19(14-17)27-22(29)15-36-26(33)20(13-16-7-4-3-5-8-16)28-23(30)21-9-6-12-37-21/h3-12,14,20H,13,15H2,1-2H3,(H,27,29)(H,28,30)/t20-/m0/s1. The van der Waals surface area contributed by atoms with Gasteiger partial charge in [-0.05, 0) is 35.2 Å². The van der Waals surface area contributed by atoms with Crippen LogP contribution in [0, 0.1) is 0 Å². The molecule has 0 fully saturated rings. The second-order valence-corrected chi connectivity index (χ2v) is 8.54. The zero-order chi connectivity index (χ0) is 26.8. The number of rotatable bonds is 10. The van der Waals surface area contributed by atoms with Crippen LogP contribution in [0.1, 0.15) is 36.0 Å². The molecule has 3 rings (SSSR count). The largest absolute Gasteiger partial charge is 0.465 e. The maximum absolute atomic E-state index is 12.9. The molecule has 2 aromatic carbocycles. The lowest BCUT2D eigenvalue weighted by Crippen LogP contribution is -2.43. The van der Waals surface area contributed by atoms with Crippen LogP contribution >= 0.6 is 11.3 Å². The molecule has 0 saturated heterocycles. The highest BCUT2D eigenvalue weighted by Gasteiger charge is 2.25. The molecule has 1 atom stereocenters. The summed E-state index contributed by atoms with van der Waals surface area (Å²) in [7, 11) is 2.36. The summed E-state index contributed by atoms with van der Waals surface area (Å²) in [5, 5.41) is 6.83. The minimum absolute atomic E-state index is 0.0139. The summed E-state index contributed by atoms with van der Waals surface area (Å²) in [6, 6.07) is 15.2. The van der Waals surface area contributed by atoms with Crippen LogP contribution < -0.4 is 10.6 Å². The normalized spacial score (nSPS) is 11.1. The number of carbonyl (C=O) groups is 5. The van der Waals surface area contributed by atoms with Crippen molar-refractivity contribution < 1.29 is 38.2 Å². The first-order valence-electron chi connectivity index (χ1n) is 11.0. The molecule has 192 valence electrons. The van der Waals surface area contributed by atoms with Crippen molar-refractivity contribution in [2.45, 2.75) is 12.5 Å². The lowest BCUT2D eigenvalue weighted by molar-refractivity contribution is -0.149. The van der Waals surface area contributed by atoms with Crippen molar-refractivity contribution in [2.24, 2.45) is 0 Å². The molecule has 0 radical (unpaired) electrons. The summed E-state index contributed by atoms with van der Waals surface area (Å²) < 4.78 is 14.6. The number of amides is 2. The van der Waals surface area contributed by atoms with Gasteiger partial charge in [0.05, 0.1) is 35.9 Å². The van der Waals surface area contributed by atoms with E-state index in [2.05, 4.69) is 15.4 Å². The molecular formula is C26H24N2O8S. The summed E-state index contributed by atoms with van der Waals surface area (Å²) in [6.45, 7) is -0.706. The van der Waals surface area contributed by atoms with Crippen molar-refractivity contribution >= 4 is 46.7 Å². The SMILES string of the molecule is COC(=O)c1ccc(C(=O)OC)c(NC(=O)COC(=O)[C@H](Cc2ccccc2)NC(=O)c2cccs2)c1. The third kappa shape index (κ3) is 7.48. The predicted molar refractivity (Wildman–Crippen MR) is 134 cm³/mol. The van der Waals surface area contributed by atoms with Crippen LogP contribution in [0.25, 0.3) is 0 Å². The second-order valence-electron chi connectivity index (χ2n) is 7.59. The Morgan fingerprint density at radius 2 is 1.62 bits per heavy atom. The highest BCUT2D eigenvalue weighted by molar-refractivity contribution is 7.12. The topological polar surface area (TPSA) is 137 Å². The molecule has 10 nitrogen and oxygen atoms in total. The molecule has 0 bridgehead atoms. The highest BCUT2D eigenvalue weighted by atomic mass is 32.1. The van der Waals surface area contributed by atoms with E-state index in [1.165, 1.54) is 43.8 Å². The maximum Gasteiger partial charge on any atom is 0.339 e. The fraction of sp³-hybridized carbons (Fsp3) is 0.192. The Bertz CT molecular complexity index is 1270. The molecule has 3 aromatic rings. The fourth-order valence-corrected chi connectivity index (χ4v) is 3.91. The molecule has 0 saturated carbocycles. The summed E-state index contributed by atoms with van der Waals surface area (Å²) in [5.41, 5.74) is 0.826. The first kappa shape index (κ1) is 27.1. The van der Waals surface area contributed by atoms with E-state index >= 15 is 0 Å². The Hall–Kier alpha value is -4.51. The molecule has 0 unspecified atom stereocenters. The molecule has 11 heteroatoms. The van der Waals surface area contributed by atoms with E-state index in [0.717, 1.165) is 5.56 Å². The van der Waals surface area contributed by atoms with E-state index < -0.39 is 42.4 Å². The molecule has 1 heterocycles. The quantitative estimate of drug-likeness (QED) is 0.305. The predicted octanol–water partition coefficient (Wildman–Crippen LogP) is 2.84. The van der Waals surface area contributed by atoms with E-state index in [-0.39, 0.29) is 23.2 Å². The molecule has 0 aliphatic rings. The first-order chi connectivity index (χ1) is 17.8. The number of benzene rings is 2. The van der Waals surface area contributed by atoms with Crippen molar-refractivity contribution in [1.29, 1.82) is 0 Å². The van der Waals surface area contributed by atoms with Gasteiger partial charge in [0.2, 0.25) is 0 Å². The molecule has 0 spiro atoms. The van der Waals surface area contributed by atoms with E-state index in [4.69, 9.17) is 9.47 Å². The van der Waals surface area contributed by atoms with Gasteiger partial charge in [0, 0.05) is 6.42 Å². The monoisotopic (exact) mass is 524 g/mol. The smallest absolute Gasteiger partial charge is 0.339 e. The third-order valence-electron chi connectivity index (χ3n) is 5.08. The van der Waals surface area contributed by atoms with Gasteiger partial charge >= 0.3 is 17.9 Å². The Labute approximate surface area is 216 Å². The van der Waals surface area contributed by atoms with Crippen molar-refractivity contribution in [3.05, 3.63) is 87.6 Å². The van der Waals surface area contributed by atoms with E-state index in [0.29, 0.717) is 4.88 Å². The lowest BCUT2D eigenvalue weighted by Gasteiger charge is -2.18. The molecule has 37 heavy (non-hydrogen) atoms. The second kappa shape index (κ2) is 13.0. The minimum atomic E-state index is -1.06. The van der Waals surface area contributed by atoms with E-state index in [9.17, 15) is 24.0 Å². The number of thiophene rings is 1. The summed E-state index contributed by atoms with van der Waals surface area (Å²) in [6.07, 6.45) is 0.145. The van der Waals surface area contributed by atoms with Crippen molar-refractivity contribution in [3.8, 4) is 0 Å².